The number of halogens is 1. The molecule has 36 heavy (non-hydrogen) atoms. The molecule has 1 aromatic heterocycles. The highest BCUT2D eigenvalue weighted by atomic mass is 79.9. The molecule has 0 spiro atoms. The van der Waals surface area contributed by atoms with E-state index in [0.29, 0.717) is 10.8 Å². The summed E-state index contributed by atoms with van der Waals surface area (Å²) in [4.78, 5) is 30.1. The van der Waals surface area contributed by atoms with Gasteiger partial charge in [-0.15, -0.1) is 0 Å². The maximum absolute atomic E-state index is 13.4. The molecule has 1 N–H and O–H groups in total. The van der Waals surface area contributed by atoms with Crippen molar-refractivity contribution in [2.24, 2.45) is 0 Å². The van der Waals surface area contributed by atoms with Crippen molar-refractivity contribution in [1.29, 1.82) is 0 Å². The number of amides is 2. The first-order valence-corrected chi connectivity index (χ1v) is 13.5. The molecular formula is C28H29BrN4O2S. The number of likely N-dealkylation sites (tertiary alicyclic amines) is 1. The Morgan fingerprint density at radius 3 is 2.72 bits per heavy atom. The van der Waals surface area contributed by atoms with Crippen LogP contribution >= 0.6 is 28.1 Å². The van der Waals surface area contributed by atoms with Gasteiger partial charge in [-0.2, -0.15) is 0 Å². The van der Waals surface area contributed by atoms with E-state index in [4.69, 9.17) is 12.2 Å². The average molecular weight is 566 g/mol. The highest BCUT2D eigenvalue weighted by Gasteiger charge is 2.32. The molecule has 3 heterocycles. The molecule has 0 aliphatic carbocycles. The number of piperidine rings is 1. The summed E-state index contributed by atoms with van der Waals surface area (Å²) in [5.74, 6) is -0.0734. The first-order valence-electron chi connectivity index (χ1n) is 12.2. The van der Waals surface area contributed by atoms with E-state index in [-0.39, 0.29) is 24.4 Å². The molecule has 8 heteroatoms. The molecule has 0 saturated carbocycles. The van der Waals surface area contributed by atoms with E-state index in [1.165, 1.54) is 11.3 Å². The number of rotatable bonds is 4. The molecule has 6 nitrogen and oxygen atoms in total. The molecule has 2 aromatic carbocycles. The number of aryl methyl sites for hydroxylation is 2. The molecule has 5 rings (SSSR count). The van der Waals surface area contributed by atoms with Crippen molar-refractivity contribution in [2.75, 3.05) is 11.4 Å². The number of aromatic nitrogens is 1. The van der Waals surface area contributed by atoms with Gasteiger partial charge in [0.2, 0.25) is 5.91 Å². The minimum absolute atomic E-state index is 0.124. The summed E-state index contributed by atoms with van der Waals surface area (Å²) in [6.45, 7) is 7.26. The maximum Gasteiger partial charge on any atom is 0.281 e. The van der Waals surface area contributed by atoms with Crippen LogP contribution in [-0.2, 0) is 16.1 Å². The van der Waals surface area contributed by atoms with Gasteiger partial charge in [0.15, 0.2) is 5.11 Å². The first kappa shape index (κ1) is 24.7. The molecule has 3 aromatic rings. The zero-order valence-corrected chi connectivity index (χ0v) is 23.1. The van der Waals surface area contributed by atoms with Gasteiger partial charge in [-0.1, -0.05) is 22.0 Å². The topological polar surface area (TPSA) is 57.6 Å². The molecular weight excluding hydrogens is 536 g/mol. The number of carbonyl (C=O) groups excluding carboxylic acids is 2. The predicted octanol–water partition coefficient (Wildman–Crippen LogP) is 5.68. The van der Waals surface area contributed by atoms with E-state index in [2.05, 4.69) is 28.2 Å². The number of fused-ring (bicyclic) bond motifs is 1. The van der Waals surface area contributed by atoms with Gasteiger partial charge in [-0.3, -0.25) is 14.5 Å². The van der Waals surface area contributed by atoms with Gasteiger partial charge in [-0.25, -0.2) is 0 Å². The quantitative estimate of drug-likeness (QED) is 0.327. The zero-order valence-electron chi connectivity index (χ0n) is 20.7. The Kier molecular flexibility index (Phi) is 6.74. The zero-order chi connectivity index (χ0) is 25.6. The number of carbonyl (C=O) groups is 2. The molecule has 0 bridgehead atoms. The SMILES string of the molecule is Cc1ccc(N2C(=O)/C(=C/c3cn(CC(=O)N4CCCC[C@H]4C)c4ccc(Br)cc34)NC2=S)cc1C. The summed E-state index contributed by atoms with van der Waals surface area (Å²) in [5, 5.41) is 4.41. The molecule has 0 unspecified atom stereocenters. The minimum atomic E-state index is -0.197. The number of hydrogen-bond acceptors (Lipinski definition) is 3. The van der Waals surface area contributed by atoms with Gasteiger partial charge >= 0.3 is 0 Å². The van der Waals surface area contributed by atoms with Crippen molar-refractivity contribution in [1.82, 2.24) is 14.8 Å². The number of nitrogens with one attached hydrogen (secondary N) is 1. The van der Waals surface area contributed by atoms with Crippen molar-refractivity contribution in [3.8, 4) is 0 Å². The van der Waals surface area contributed by atoms with E-state index < -0.39 is 0 Å². The standard InChI is InChI=1S/C28H29BrN4O2S/c1-17-7-9-22(12-18(17)2)33-27(35)24(30-28(33)36)13-20-15-31(25-10-8-21(29)14-23(20)25)16-26(34)32-11-5-4-6-19(32)3/h7-10,12-15,19H,4-6,11,16H2,1-3H3,(H,30,36)/b24-13-/t19-/m1/s1. The third-order valence-electron chi connectivity index (χ3n) is 7.23. The Labute approximate surface area is 225 Å². The fourth-order valence-corrected chi connectivity index (χ4v) is 5.70. The second kappa shape index (κ2) is 9.82. The summed E-state index contributed by atoms with van der Waals surface area (Å²) < 4.78 is 2.91. The van der Waals surface area contributed by atoms with Crippen molar-refractivity contribution < 1.29 is 9.59 Å². The van der Waals surface area contributed by atoms with Crippen LogP contribution in [0.1, 0.15) is 42.9 Å². The molecule has 2 fully saturated rings. The lowest BCUT2D eigenvalue weighted by molar-refractivity contribution is -0.135. The van der Waals surface area contributed by atoms with E-state index >= 15 is 0 Å². The molecule has 2 aliphatic rings. The van der Waals surface area contributed by atoms with Gasteiger partial charge in [-0.05, 0) is 99.8 Å². The molecule has 186 valence electrons. The summed E-state index contributed by atoms with van der Waals surface area (Å²) in [5.41, 5.74) is 5.21. The molecule has 1 atom stereocenters. The summed E-state index contributed by atoms with van der Waals surface area (Å²) in [6.07, 6.45) is 7.05. The summed E-state index contributed by atoms with van der Waals surface area (Å²) in [7, 11) is 0. The Bertz CT molecular complexity index is 1430. The van der Waals surface area contributed by atoms with Gasteiger partial charge in [0.1, 0.15) is 12.2 Å². The molecule has 2 aliphatic heterocycles. The van der Waals surface area contributed by atoms with Crippen LogP contribution in [0.4, 0.5) is 5.69 Å². The fraction of sp³-hybridized carbons (Fsp3) is 0.321. The monoisotopic (exact) mass is 564 g/mol. The molecule has 2 saturated heterocycles. The third-order valence-corrected chi connectivity index (χ3v) is 8.01. The van der Waals surface area contributed by atoms with Crippen LogP contribution < -0.4 is 10.2 Å². The lowest BCUT2D eigenvalue weighted by atomic mass is 10.0. The highest BCUT2D eigenvalue weighted by molar-refractivity contribution is 9.10. The molecule has 2 amide bonds. The highest BCUT2D eigenvalue weighted by Crippen LogP contribution is 2.30. The first-order chi connectivity index (χ1) is 17.2. The number of nitrogens with zero attached hydrogens (tertiary/aromatic N) is 3. The number of benzene rings is 2. The van der Waals surface area contributed by atoms with Crippen molar-refractivity contribution in [3.05, 3.63) is 69.5 Å². The van der Waals surface area contributed by atoms with Crippen LogP contribution in [0.5, 0.6) is 0 Å². The minimum Gasteiger partial charge on any atom is -0.338 e. The Morgan fingerprint density at radius 1 is 1.17 bits per heavy atom. The van der Waals surface area contributed by atoms with Gasteiger partial charge in [0, 0.05) is 39.7 Å². The number of hydrogen-bond donors (Lipinski definition) is 1. The van der Waals surface area contributed by atoms with Crippen molar-refractivity contribution >= 4 is 67.7 Å². The van der Waals surface area contributed by atoms with Crippen LogP contribution in [0.2, 0.25) is 0 Å². The normalized spacial score (nSPS) is 19.4. The summed E-state index contributed by atoms with van der Waals surface area (Å²) in [6, 6.07) is 12.1. The Balaban J connectivity index is 1.48. The fourth-order valence-electron chi connectivity index (χ4n) is 5.04. The number of thiocarbonyl (C=S) groups is 1. The lowest BCUT2D eigenvalue weighted by Crippen LogP contribution is -2.43. The lowest BCUT2D eigenvalue weighted by Gasteiger charge is -2.33. The van der Waals surface area contributed by atoms with Crippen molar-refractivity contribution in [2.45, 2.75) is 52.6 Å². The van der Waals surface area contributed by atoms with Crippen molar-refractivity contribution in [3.63, 3.8) is 0 Å². The van der Waals surface area contributed by atoms with Crippen LogP contribution in [0, 0.1) is 13.8 Å². The average Bonchev–Trinajstić information content (AvgIpc) is 3.31. The molecule has 0 radical (unpaired) electrons. The number of anilines is 1. The van der Waals surface area contributed by atoms with Gasteiger partial charge < -0.3 is 14.8 Å². The van der Waals surface area contributed by atoms with Crippen LogP contribution in [0.25, 0.3) is 17.0 Å². The Morgan fingerprint density at radius 2 is 1.97 bits per heavy atom. The second-order valence-electron chi connectivity index (χ2n) is 9.70. The third kappa shape index (κ3) is 4.60. The van der Waals surface area contributed by atoms with Gasteiger partial charge in [0.05, 0.1) is 5.69 Å². The van der Waals surface area contributed by atoms with E-state index in [1.807, 2.05) is 72.0 Å². The predicted molar refractivity (Wildman–Crippen MR) is 152 cm³/mol. The van der Waals surface area contributed by atoms with E-state index in [9.17, 15) is 9.59 Å². The van der Waals surface area contributed by atoms with Crippen LogP contribution in [0.3, 0.4) is 0 Å². The van der Waals surface area contributed by atoms with E-state index in [1.54, 1.807) is 0 Å². The van der Waals surface area contributed by atoms with Crippen LogP contribution in [0.15, 0.2) is 52.8 Å². The smallest absolute Gasteiger partial charge is 0.281 e. The maximum atomic E-state index is 13.4. The van der Waals surface area contributed by atoms with Crippen LogP contribution in [-0.4, -0.2) is 39.0 Å². The Hall–Kier alpha value is -2.97. The second-order valence-corrected chi connectivity index (χ2v) is 11.0. The van der Waals surface area contributed by atoms with Gasteiger partial charge in [0.25, 0.3) is 5.91 Å². The largest absolute Gasteiger partial charge is 0.338 e. The van der Waals surface area contributed by atoms with E-state index in [0.717, 1.165) is 57.1 Å². The summed E-state index contributed by atoms with van der Waals surface area (Å²) >= 11 is 9.09.